The number of rotatable bonds is 42. The van der Waals surface area contributed by atoms with Crippen LogP contribution in [0.5, 0.6) is 0 Å². The maximum absolute atomic E-state index is 12.1. The first-order chi connectivity index (χ1) is 53.7. The first-order valence-corrected chi connectivity index (χ1v) is 45.7. The number of nitrogens with zero attached hydrogens (tertiary/aromatic N) is 8. The van der Waals surface area contributed by atoms with E-state index in [0.717, 1.165) is 237 Å². The second-order valence-corrected chi connectivity index (χ2v) is 40.2. The Hall–Kier alpha value is -4.44. The highest BCUT2D eigenvalue weighted by molar-refractivity contribution is 7.72. The number of hydrogen-bond donors (Lipinski definition) is 4. The van der Waals surface area contributed by atoms with Crippen LogP contribution in [0.4, 0.5) is 34.1 Å². The number of unbranched alkanes of at least 4 members (excludes halogenated alkanes) is 2. The Morgan fingerprint density at radius 3 is 0.784 bits per heavy atom. The lowest BCUT2D eigenvalue weighted by Crippen LogP contribution is -2.36. The van der Waals surface area contributed by atoms with Gasteiger partial charge in [0.1, 0.15) is 0 Å². The molecule has 18 nitrogen and oxygen atoms in total. The highest BCUT2D eigenvalue weighted by atomic mass is 32.1. The Labute approximate surface area is 734 Å². The Morgan fingerprint density at radius 2 is 0.526 bits per heavy atom. The van der Waals surface area contributed by atoms with Gasteiger partial charge in [0.05, 0.1) is 61.2 Å². The van der Waals surface area contributed by atoms with Crippen LogP contribution in [0.3, 0.4) is 0 Å². The summed E-state index contributed by atoms with van der Waals surface area (Å²) in [5.74, 6) is 0. The molecule has 5 N–H and O–H groups in total. The van der Waals surface area contributed by atoms with Gasteiger partial charge in [0.15, 0.2) is 0 Å². The van der Waals surface area contributed by atoms with Crippen LogP contribution in [0.25, 0.3) is 0 Å². The first kappa shape index (κ1) is 110. The SMILES string of the molecule is CC(C)(C)c1c(NCCCCN)c(=O)c1=S.CCCN(C)CCCN(C)c1c(C(C)(C)C)c(=S)c1=O.CCCN(CC)CCCN(C)c1c(C(C)(C)C)c(=S)c1=O.CCCN(CCC)CCCN(C)c1c(C(C)(C)C)c(=S)c1=O.CCN(CC)CCCN(C)c1c(C(C)(C)C)c(=S)c1=O.CNCCCCNc1c(C(C)(C)C)c(=S)c1=O. The molecule has 6 rings (SSSR count). The van der Waals surface area contributed by atoms with Crippen molar-refractivity contribution >= 4 is 107 Å². The molecular weight excluding hydrogens is 1560 g/mol. The summed E-state index contributed by atoms with van der Waals surface area (Å²) in [7, 11) is 12.1. The van der Waals surface area contributed by atoms with Crippen LogP contribution >= 0.6 is 73.3 Å². The van der Waals surface area contributed by atoms with Crippen LogP contribution in [0, 0.1) is 27.1 Å². The summed E-state index contributed by atoms with van der Waals surface area (Å²) >= 11 is 31.1. The van der Waals surface area contributed by atoms with Gasteiger partial charge in [0, 0.05) is 101 Å². The molecule has 0 amide bonds. The average molecular weight is 1720 g/mol. The van der Waals surface area contributed by atoms with Crippen LogP contribution < -0.4 is 73.9 Å². The van der Waals surface area contributed by atoms with E-state index in [1.165, 1.54) is 25.7 Å². The summed E-state index contributed by atoms with van der Waals surface area (Å²) < 4.78 is 3.13. The fourth-order valence-corrected chi connectivity index (χ4v) is 17.8. The minimum atomic E-state index is -0.0544. The van der Waals surface area contributed by atoms with Gasteiger partial charge in [-0.1, -0.05) is 246 Å². The molecule has 0 radical (unpaired) electrons. The standard InChI is InChI=1S/C18H32N2OS.C17H30N2OS.2C16H28N2OS.C13H22N2OS.C12H20N2OS/c1-7-10-20(11-8-2)13-9-12-19(6)15-14(18(3,4)5)17(22)16(15)21;1-7-10-19(8-2)12-9-11-18(6)14-13(17(3,4)5)16(21)15(14)20;1-7-9-17(5)10-8-11-18(6)13-12(16(2,3)4)15(20)14(13)19;1-7-18(8-2)11-9-10-17(6)13-12(16(3,4)5)15(20)14(13)19;1-13(2,3)9-10(11(16)12(9)17)15-8-6-5-7-14-4;1-12(2,3)8-9(10(15)11(8)16)14-7-5-4-6-13/h7-13H2,1-6H3;7-12H2,1-6H3;2*7-11H2,1-6H3;14-15H,5-8H2,1-4H3;14H,4-7,13H2,1-3H3. The van der Waals surface area contributed by atoms with Gasteiger partial charge in [-0.05, 0) is 209 Å². The van der Waals surface area contributed by atoms with Crippen molar-refractivity contribution in [3.05, 3.63) is 122 Å². The fraction of sp³-hybridized carbons (Fsp3) is 0.739. The molecule has 0 bridgehead atoms. The van der Waals surface area contributed by atoms with Gasteiger partial charge in [0.2, 0.25) is 32.6 Å². The van der Waals surface area contributed by atoms with Gasteiger partial charge in [-0.2, -0.15) is 0 Å². The number of nitrogens with one attached hydrogen (secondary N) is 3. The van der Waals surface area contributed by atoms with Crippen molar-refractivity contribution in [1.29, 1.82) is 0 Å². The van der Waals surface area contributed by atoms with Gasteiger partial charge < -0.3 is 60.9 Å². The van der Waals surface area contributed by atoms with Crippen molar-refractivity contribution in [2.45, 2.75) is 283 Å². The third-order valence-electron chi connectivity index (χ3n) is 21.0. The second-order valence-electron chi connectivity index (χ2n) is 37.7. The van der Waals surface area contributed by atoms with Gasteiger partial charge >= 0.3 is 0 Å². The molecule has 0 aromatic heterocycles. The largest absolute Gasteiger partial charge is 0.382 e. The molecule has 0 spiro atoms. The van der Waals surface area contributed by atoms with Crippen LogP contribution in [-0.2, 0) is 32.5 Å². The van der Waals surface area contributed by atoms with E-state index >= 15 is 0 Å². The highest BCUT2D eigenvalue weighted by Crippen LogP contribution is 2.38. The van der Waals surface area contributed by atoms with Crippen molar-refractivity contribution < 1.29 is 0 Å². The molecule has 0 saturated carbocycles. The van der Waals surface area contributed by atoms with E-state index in [0.29, 0.717) is 33.6 Å². The molecular formula is C92H160N12O6S6. The molecule has 0 aliphatic rings. The fourth-order valence-electron chi connectivity index (χ4n) is 14.8. The van der Waals surface area contributed by atoms with Crippen LogP contribution in [0.1, 0.15) is 284 Å². The van der Waals surface area contributed by atoms with Crippen molar-refractivity contribution in [3.8, 4) is 0 Å². The van der Waals surface area contributed by atoms with E-state index in [4.69, 9.17) is 79.0 Å². The monoisotopic (exact) mass is 1720 g/mol. The maximum atomic E-state index is 12.1. The number of anilines is 6. The van der Waals surface area contributed by atoms with Gasteiger partial charge in [-0.3, -0.25) is 28.8 Å². The lowest BCUT2D eigenvalue weighted by molar-refractivity contribution is 0.272. The lowest BCUT2D eigenvalue weighted by atomic mass is 9.82. The van der Waals surface area contributed by atoms with Gasteiger partial charge in [0.25, 0.3) is 0 Å². The minimum Gasteiger partial charge on any atom is -0.382 e. The Bertz CT molecular complexity index is 4360. The molecule has 0 saturated heterocycles. The molecule has 6 aromatic rings. The third-order valence-corrected chi connectivity index (χ3v) is 23.3. The van der Waals surface area contributed by atoms with E-state index in [2.05, 4.69) is 235 Å². The molecule has 6 aromatic carbocycles. The van der Waals surface area contributed by atoms with E-state index in [1.54, 1.807) is 0 Å². The van der Waals surface area contributed by atoms with E-state index in [-0.39, 0.29) is 65.1 Å². The Morgan fingerprint density at radius 1 is 0.284 bits per heavy atom. The van der Waals surface area contributed by atoms with Crippen molar-refractivity contribution in [3.63, 3.8) is 0 Å². The molecule has 660 valence electrons. The molecule has 24 heteroatoms. The normalized spacial score (nSPS) is 12.2. The quantitative estimate of drug-likeness (QED) is 0.0209. The topological polar surface area (TPSA) is 190 Å². The van der Waals surface area contributed by atoms with Crippen molar-refractivity contribution in [2.75, 3.05) is 197 Å². The lowest BCUT2D eigenvalue weighted by Gasteiger charge is -2.31. The Kier molecular flexibility index (Phi) is 48.0. The van der Waals surface area contributed by atoms with Gasteiger partial charge in [-0.25, -0.2) is 0 Å². The molecule has 116 heavy (non-hydrogen) atoms. The average Bonchev–Trinajstić information content (AvgIpc) is 0.753. The summed E-state index contributed by atoms with van der Waals surface area (Å²) in [6, 6.07) is 0. The summed E-state index contributed by atoms with van der Waals surface area (Å²) in [6.07, 6.45) is 13.2. The first-order valence-electron chi connectivity index (χ1n) is 43.2. The molecule has 0 aliphatic heterocycles. The summed E-state index contributed by atoms with van der Waals surface area (Å²) in [6.45, 7) is 72.5. The van der Waals surface area contributed by atoms with Crippen molar-refractivity contribution in [2.24, 2.45) is 5.73 Å². The zero-order valence-electron chi connectivity index (χ0n) is 78.5. The van der Waals surface area contributed by atoms with Crippen LogP contribution in [0.2, 0.25) is 0 Å². The molecule has 0 atom stereocenters. The van der Waals surface area contributed by atoms with E-state index < -0.39 is 0 Å². The summed E-state index contributed by atoms with van der Waals surface area (Å²) in [5.41, 5.74) is 16.4. The molecule has 0 unspecified atom stereocenters. The Balaban J connectivity index is 0.000000698. The maximum Gasteiger partial charge on any atom is 0.220 e. The van der Waals surface area contributed by atoms with E-state index in [1.807, 2.05) is 35.2 Å². The number of hydrogen-bond acceptors (Lipinski definition) is 24. The highest BCUT2D eigenvalue weighted by Gasteiger charge is 2.35. The zero-order valence-corrected chi connectivity index (χ0v) is 83.4. The third kappa shape index (κ3) is 32.7. The molecule has 0 fully saturated rings. The molecule has 0 heterocycles. The minimum absolute atomic E-state index is 0.00678. The number of nitrogens with two attached hydrogens (primary N) is 1. The van der Waals surface area contributed by atoms with E-state index in [9.17, 15) is 28.8 Å². The zero-order chi connectivity index (χ0) is 89.5. The molecule has 0 aliphatic carbocycles. The predicted molar refractivity (Wildman–Crippen MR) is 523 cm³/mol. The van der Waals surface area contributed by atoms with Gasteiger partial charge in [-0.15, -0.1) is 0 Å². The summed E-state index contributed by atoms with van der Waals surface area (Å²) in [4.78, 5) is 89.5. The smallest absolute Gasteiger partial charge is 0.220 e. The summed E-state index contributed by atoms with van der Waals surface area (Å²) in [5, 5.41) is 9.51. The van der Waals surface area contributed by atoms with Crippen LogP contribution in [-0.4, -0.2) is 186 Å². The predicted octanol–water partition coefficient (Wildman–Crippen LogP) is 18.1. The van der Waals surface area contributed by atoms with Crippen LogP contribution in [0.15, 0.2) is 28.8 Å². The van der Waals surface area contributed by atoms with Crippen molar-refractivity contribution in [1.82, 2.24) is 24.9 Å². The second kappa shape index (κ2) is 50.8.